The molecule has 0 saturated heterocycles. The Morgan fingerprint density at radius 3 is 0.744 bits per heavy atom. The van der Waals surface area contributed by atoms with Crippen LogP contribution in [0.4, 0.5) is 0 Å². The number of esters is 3. The fraction of sp³-hybridized carbons (Fsp3) is 0.803. The molecule has 6 heteroatoms. The number of allylic oxidation sites excluding steroid dienone is 12. The van der Waals surface area contributed by atoms with Gasteiger partial charge in [0.2, 0.25) is 0 Å². The lowest BCUT2D eigenvalue weighted by Crippen LogP contribution is -2.30. The first-order valence-electron chi connectivity index (χ1n) is 35.9. The van der Waals surface area contributed by atoms with Gasteiger partial charge in [-0.25, -0.2) is 0 Å². The highest BCUT2D eigenvalue weighted by atomic mass is 16.6. The number of carbonyl (C=O) groups is 3. The van der Waals surface area contributed by atoms with Crippen LogP contribution in [0.2, 0.25) is 0 Å². The molecule has 0 aliphatic heterocycles. The quantitative estimate of drug-likeness (QED) is 0.0261. The van der Waals surface area contributed by atoms with Crippen LogP contribution in [0.5, 0.6) is 0 Å². The Balaban J connectivity index is 4.06. The second-order valence-corrected chi connectivity index (χ2v) is 24.1. The van der Waals surface area contributed by atoms with Crippen molar-refractivity contribution >= 4 is 17.9 Å². The third-order valence-corrected chi connectivity index (χ3v) is 16.0. The van der Waals surface area contributed by atoms with Gasteiger partial charge in [0, 0.05) is 19.3 Å². The molecule has 0 amide bonds. The zero-order valence-corrected chi connectivity index (χ0v) is 54.8. The molecule has 476 valence electrons. The van der Waals surface area contributed by atoms with Crippen LogP contribution in [0, 0.1) is 0 Å². The van der Waals surface area contributed by atoms with Crippen LogP contribution < -0.4 is 0 Å². The summed E-state index contributed by atoms with van der Waals surface area (Å²) in [5.74, 6) is -0.850. The summed E-state index contributed by atoms with van der Waals surface area (Å²) in [4.78, 5) is 38.3. The Morgan fingerprint density at radius 2 is 0.476 bits per heavy atom. The highest BCUT2D eigenvalue weighted by Gasteiger charge is 2.19. The summed E-state index contributed by atoms with van der Waals surface area (Å²) in [5, 5.41) is 0. The SMILES string of the molecule is CC/C=C\C/C=C\C/C=C\C/C=C\C/C=C\C/C=C\CCCCCCCCCCCCCCCCC(=O)OCC(COC(=O)CCCCCCCCCC)OC(=O)CCCCCCCCCCCCCCCCCCCCCCCCC. The van der Waals surface area contributed by atoms with Gasteiger partial charge in [-0.2, -0.15) is 0 Å². The Bertz CT molecular complexity index is 1500. The molecule has 1 unspecified atom stereocenters. The van der Waals surface area contributed by atoms with Gasteiger partial charge in [0.1, 0.15) is 13.2 Å². The van der Waals surface area contributed by atoms with E-state index in [-0.39, 0.29) is 31.1 Å². The topological polar surface area (TPSA) is 78.9 Å². The smallest absolute Gasteiger partial charge is 0.306 e. The molecule has 0 bridgehead atoms. The molecule has 6 nitrogen and oxygen atoms in total. The first-order valence-corrected chi connectivity index (χ1v) is 35.9. The Hall–Kier alpha value is -3.15. The number of hydrogen-bond donors (Lipinski definition) is 0. The maximum atomic E-state index is 12.9. The van der Waals surface area contributed by atoms with Gasteiger partial charge in [-0.3, -0.25) is 14.4 Å². The first-order chi connectivity index (χ1) is 40.5. The summed E-state index contributed by atoms with van der Waals surface area (Å²) >= 11 is 0. The molecule has 0 spiro atoms. The molecule has 0 radical (unpaired) electrons. The van der Waals surface area contributed by atoms with Gasteiger partial charge in [0.15, 0.2) is 6.10 Å². The normalized spacial score (nSPS) is 12.5. The van der Waals surface area contributed by atoms with Gasteiger partial charge in [-0.05, 0) is 70.6 Å². The van der Waals surface area contributed by atoms with Gasteiger partial charge in [-0.15, -0.1) is 0 Å². The maximum absolute atomic E-state index is 12.9. The van der Waals surface area contributed by atoms with Crippen molar-refractivity contribution in [1.82, 2.24) is 0 Å². The summed E-state index contributed by atoms with van der Waals surface area (Å²) < 4.78 is 16.9. The van der Waals surface area contributed by atoms with Crippen LogP contribution in [0.1, 0.15) is 374 Å². The van der Waals surface area contributed by atoms with Crippen LogP contribution in [0.3, 0.4) is 0 Å². The van der Waals surface area contributed by atoms with E-state index in [1.54, 1.807) is 0 Å². The lowest BCUT2D eigenvalue weighted by Gasteiger charge is -2.18. The zero-order chi connectivity index (χ0) is 59.2. The zero-order valence-electron chi connectivity index (χ0n) is 54.8. The van der Waals surface area contributed by atoms with Crippen molar-refractivity contribution < 1.29 is 28.6 Å². The molecule has 0 aliphatic rings. The van der Waals surface area contributed by atoms with Gasteiger partial charge in [-0.1, -0.05) is 357 Å². The standard InChI is InChI=1S/C76H136O6/c1-4-7-10-13-16-19-21-23-25-27-29-31-33-34-35-36-37-38-39-40-41-42-44-45-47-49-51-53-55-57-60-63-66-69-75(78)81-72-73(71-80-74(77)68-65-62-59-18-15-12-9-6-3)82-76(79)70-67-64-61-58-56-54-52-50-48-46-43-32-30-28-26-24-22-20-17-14-11-8-5-2/h7,10,16,19,23,25,29,31,34-35,37-38,73H,4-6,8-9,11-15,17-18,20-22,24,26-28,30,32-33,36,39-72H2,1-3H3/b10-7-,19-16-,25-23-,31-29-,35-34-,38-37-. The first kappa shape index (κ1) is 78.8. The summed E-state index contributed by atoms with van der Waals surface area (Å²) in [6, 6.07) is 0. The summed E-state index contributed by atoms with van der Waals surface area (Å²) in [6.45, 7) is 6.56. The average molecular weight is 1150 g/mol. The largest absolute Gasteiger partial charge is 0.462 e. The average Bonchev–Trinajstić information content (AvgIpc) is 3.47. The molecule has 0 aromatic rings. The van der Waals surface area contributed by atoms with Crippen molar-refractivity contribution in [3.8, 4) is 0 Å². The van der Waals surface area contributed by atoms with E-state index in [4.69, 9.17) is 14.2 Å². The molecule has 0 heterocycles. The number of unbranched alkanes of at least 4 members (excludes halogenated alkanes) is 43. The Morgan fingerprint density at radius 1 is 0.256 bits per heavy atom. The summed E-state index contributed by atoms with van der Waals surface area (Å²) in [7, 11) is 0. The molecule has 0 saturated carbocycles. The number of hydrogen-bond acceptors (Lipinski definition) is 6. The van der Waals surface area contributed by atoms with Crippen molar-refractivity contribution in [2.45, 2.75) is 380 Å². The predicted octanol–water partition coefficient (Wildman–Crippen LogP) is 24.8. The lowest BCUT2D eigenvalue weighted by molar-refractivity contribution is -0.167. The third kappa shape index (κ3) is 67.6. The van der Waals surface area contributed by atoms with Gasteiger partial charge in [0.25, 0.3) is 0 Å². The molecular weight excluding hydrogens is 1010 g/mol. The molecular formula is C76H136O6. The van der Waals surface area contributed by atoms with Gasteiger partial charge in [0.05, 0.1) is 0 Å². The molecule has 1 atom stereocenters. The maximum Gasteiger partial charge on any atom is 0.306 e. The monoisotopic (exact) mass is 1150 g/mol. The second kappa shape index (κ2) is 70.3. The van der Waals surface area contributed by atoms with Crippen LogP contribution in [0.15, 0.2) is 72.9 Å². The van der Waals surface area contributed by atoms with Crippen molar-refractivity contribution in [2.24, 2.45) is 0 Å². The minimum atomic E-state index is -0.770. The van der Waals surface area contributed by atoms with Crippen LogP contribution in [-0.4, -0.2) is 37.2 Å². The fourth-order valence-electron chi connectivity index (χ4n) is 10.6. The Labute approximate surface area is 510 Å². The summed E-state index contributed by atoms with van der Waals surface area (Å²) in [5.41, 5.74) is 0. The van der Waals surface area contributed by atoms with E-state index >= 15 is 0 Å². The molecule has 82 heavy (non-hydrogen) atoms. The van der Waals surface area contributed by atoms with Crippen LogP contribution >= 0.6 is 0 Å². The molecule has 0 fully saturated rings. The van der Waals surface area contributed by atoms with E-state index in [0.717, 1.165) is 96.3 Å². The highest BCUT2D eigenvalue weighted by Crippen LogP contribution is 2.18. The van der Waals surface area contributed by atoms with Crippen LogP contribution in [0.25, 0.3) is 0 Å². The molecule has 0 aliphatic carbocycles. The predicted molar refractivity (Wildman–Crippen MR) is 358 cm³/mol. The minimum absolute atomic E-state index is 0.0689. The molecule has 0 aromatic carbocycles. The van der Waals surface area contributed by atoms with E-state index in [1.807, 2.05) is 0 Å². The van der Waals surface area contributed by atoms with Gasteiger partial charge >= 0.3 is 17.9 Å². The van der Waals surface area contributed by atoms with Crippen LogP contribution in [-0.2, 0) is 28.6 Å². The van der Waals surface area contributed by atoms with Crippen molar-refractivity contribution in [3.05, 3.63) is 72.9 Å². The molecule has 0 rings (SSSR count). The van der Waals surface area contributed by atoms with Crippen molar-refractivity contribution in [3.63, 3.8) is 0 Å². The van der Waals surface area contributed by atoms with Gasteiger partial charge < -0.3 is 14.2 Å². The van der Waals surface area contributed by atoms with Crippen molar-refractivity contribution in [1.29, 1.82) is 0 Å². The molecule has 0 N–H and O–H groups in total. The van der Waals surface area contributed by atoms with E-state index in [9.17, 15) is 14.4 Å². The van der Waals surface area contributed by atoms with E-state index < -0.39 is 6.10 Å². The van der Waals surface area contributed by atoms with Crippen molar-refractivity contribution in [2.75, 3.05) is 13.2 Å². The number of rotatable bonds is 66. The molecule has 0 aromatic heterocycles. The Kier molecular flexibility index (Phi) is 67.6. The number of carbonyl (C=O) groups excluding carboxylic acids is 3. The second-order valence-electron chi connectivity index (χ2n) is 24.1. The van der Waals surface area contributed by atoms with E-state index in [1.165, 1.54) is 238 Å². The van der Waals surface area contributed by atoms with E-state index in [2.05, 4.69) is 93.7 Å². The lowest BCUT2D eigenvalue weighted by atomic mass is 10.0. The number of ether oxygens (including phenoxy) is 3. The third-order valence-electron chi connectivity index (χ3n) is 16.0. The van der Waals surface area contributed by atoms with E-state index in [0.29, 0.717) is 19.3 Å². The fourth-order valence-corrected chi connectivity index (χ4v) is 10.6. The minimum Gasteiger partial charge on any atom is -0.462 e. The summed E-state index contributed by atoms with van der Waals surface area (Å²) in [6.07, 6.45) is 92.4. The highest BCUT2D eigenvalue weighted by molar-refractivity contribution is 5.71.